The highest BCUT2D eigenvalue weighted by Crippen LogP contribution is 2.20. The van der Waals surface area contributed by atoms with Crippen LogP contribution in [0.5, 0.6) is 5.75 Å². The fraction of sp³-hybridized carbons (Fsp3) is 0.0769. The highest BCUT2D eigenvalue weighted by Gasteiger charge is 2.13. The number of nitrogens with zero attached hydrogens (tertiary/aromatic N) is 1. The zero-order valence-electron chi connectivity index (χ0n) is 9.68. The molecule has 6 heteroatoms. The molecule has 0 unspecified atom stereocenters. The van der Waals surface area contributed by atoms with Crippen LogP contribution < -0.4 is 4.74 Å². The Bertz CT molecular complexity index is 619. The summed E-state index contributed by atoms with van der Waals surface area (Å²) < 4.78 is 19.9. The summed E-state index contributed by atoms with van der Waals surface area (Å²) in [6, 6.07) is 11.2. The van der Waals surface area contributed by atoms with E-state index < -0.39 is 16.4 Å². The average Bonchev–Trinajstić information content (AvgIpc) is 2.36. The van der Waals surface area contributed by atoms with Gasteiger partial charge in [0.05, 0.1) is 4.92 Å². The summed E-state index contributed by atoms with van der Waals surface area (Å²) in [5.41, 5.74) is 0.0139. The van der Waals surface area contributed by atoms with Crippen molar-refractivity contribution in [2.24, 2.45) is 0 Å². The summed E-state index contributed by atoms with van der Waals surface area (Å²) >= 11 is 2.16. The van der Waals surface area contributed by atoms with Crippen molar-refractivity contribution in [2.45, 2.75) is 6.61 Å². The van der Waals surface area contributed by atoms with Crippen LogP contribution in [0.4, 0.5) is 10.1 Å². The Labute approximate surface area is 122 Å². The zero-order valence-corrected chi connectivity index (χ0v) is 11.8. The first kappa shape index (κ1) is 13.7. The second kappa shape index (κ2) is 5.96. The molecule has 0 spiro atoms. The summed E-state index contributed by atoms with van der Waals surface area (Å²) in [5, 5.41) is 10.5. The van der Waals surface area contributed by atoms with Crippen molar-refractivity contribution in [1.29, 1.82) is 0 Å². The maximum atomic E-state index is 13.4. The van der Waals surface area contributed by atoms with Gasteiger partial charge in [0.25, 0.3) is 0 Å². The first-order chi connectivity index (χ1) is 9.06. The van der Waals surface area contributed by atoms with E-state index in [4.69, 9.17) is 4.74 Å². The van der Waals surface area contributed by atoms with Gasteiger partial charge >= 0.3 is 5.69 Å². The normalized spacial score (nSPS) is 10.2. The number of ether oxygens (including phenoxy) is 1. The molecule has 0 radical (unpaired) electrons. The van der Waals surface area contributed by atoms with Gasteiger partial charge in [-0.05, 0) is 58.5 Å². The summed E-state index contributed by atoms with van der Waals surface area (Å²) in [4.78, 5) is 9.73. The Kier molecular flexibility index (Phi) is 4.31. The van der Waals surface area contributed by atoms with Crippen LogP contribution in [0.3, 0.4) is 0 Å². The van der Waals surface area contributed by atoms with Gasteiger partial charge in [0, 0.05) is 9.64 Å². The molecule has 0 N–H and O–H groups in total. The van der Waals surface area contributed by atoms with Crippen molar-refractivity contribution < 1.29 is 14.1 Å². The van der Waals surface area contributed by atoms with Gasteiger partial charge in [-0.15, -0.1) is 0 Å². The van der Waals surface area contributed by atoms with E-state index in [1.54, 1.807) is 6.07 Å². The SMILES string of the molecule is O=[N+]([O-])c1ccc(COc2cccc(I)c2)cc1F. The Morgan fingerprint density at radius 2 is 2.05 bits per heavy atom. The molecule has 2 aromatic carbocycles. The molecule has 0 fully saturated rings. The molecular formula is C13H9FINO3. The number of halogens is 2. The molecule has 0 saturated carbocycles. The summed E-state index contributed by atoms with van der Waals surface area (Å²) in [6.07, 6.45) is 0. The second-order valence-corrected chi connectivity index (χ2v) is 5.03. The van der Waals surface area contributed by atoms with E-state index in [1.807, 2.05) is 18.2 Å². The summed E-state index contributed by atoms with van der Waals surface area (Å²) in [5.74, 6) is -0.181. The van der Waals surface area contributed by atoms with Crippen molar-refractivity contribution in [3.05, 3.63) is 67.5 Å². The largest absolute Gasteiger partial charge is 0.489 e. The molecule has 0 atom stereocenters. The lowest BCUT2D eigenvalue weighted by molar-refractivity contribution is -0.387. The van der Waals surface area contributed by atoms with Crippen LogP contribution in [0.1, 0.15) is 5.56 Å². The number of nitro groups is 1. The van der Waals surface area contributed by atoms with Crippen molar-refractivity contribution in [3.8, 4) is 5.75 Å². The first-order valence-corrected chi connectivity index (χ1v) is 6.45. The lowest BCUT2D eigenvalue weighted by Gasteiger charge is -2.06. The van der Waals surface area contributed by atoms with Crippen LogP contribution >= 0.6 is 22.6 Å². The van der Waals surface area contributed by atoms with Crippen LogP contribution in [-0.4, -0.2) is 4.92 Å². The number of benzene rings is 2. The Hall–Kier alpha value is -1.70. The molecule has 0 aliphatic carbocycles. The summed E-state index contributed by atoms with van der Waals surface area (Å²) in [6.45, 7) is 0.162. The third-order valence-corrected chi connectivity index (χ3v) is 3.08. The number of rotatable bonds is 4. The van der Waals surface area contributed by atoms with Gasteiger partial charge in [0.1, 0.15) is 12.4 Å². The van der Waals surface area contributed by atoms with E-state index in [9.17, 15) is 14.5 Å². The topological polar surface area (TPSA) is 52.4 Å². The lowest BCUT2D eigenvalue weighted by atomic mass is 10.2. The molecule has 0 heterocycles. The van der Waals surface area contributed by atoms with Gasteiger partial charge < -0.3 is 4.74 Å². The van der Waals surface area contributed by atoms with Crippen molar-refractivity contribution in [2.75, 3.05) is 0 Å². The fourth-order valence-electron chi connectivity index (χ4n) is 1.51. The molecule has 0 bridgehead atoms. The molecule has 0 saturated heterocycles. The number of hydrogen-bond acceptors (Lipinski definition) is 3. The van der Waals surface area contributed by atoms with Crippen LogP contribution in [0.25, 0.3) is 0 Å². The molecule has 0 aromatic heterocycles. The van der Waals surface area contributed by atoms with Crippen molar-refractivity contribution >= 4 is 28.3 Å². The van der Waals surface area contributed by atoms with E-state index in [1.165, 1.54) is 6.07 Å². The predicted octanol–water partition coefficient (Wildman–Crippen LogP) is 3.92. The highest BCUT2D eigenvalue weighted by molar-refractivity contribution is 14.1. The minimum Gasteiger partial charge on any atom is -0.489 e. The van der Waals surface area contributed by atoms with Gasteiger partial charge in [-0.2, -0.15) is 4.39 Å². The van der Waals surface area contributed by atoms with Gasteiger partial charge in [0.2, 0.25) is 5.82 Å². The highest BCUT2D eigenvalue weighted by atomic mass is 127. The summed E-state index contributed by atoms with van der Waals surface area (Å²) in [7, 11) is 0. The second-order valence-electron chi connectivity index (χ2n) is 3.79. The van der Waals surface area contributed by atoms with Crippen LogP contribution in [0.15, 0.2) is 42.5 Å². The van der Waals surface area contributed by atoms with Crippen LogP contribution in [-0.2, 0) is 6.61 Å². The maximum absolute atomic E-state index is 13.4. The maximum Gasteiger partial charge on any atom is 0.304 e. The molecule has 98 valence electrons. The third-order valence-electron chi connectivity index (χ3n) is 2.41. The van der Waals surface area contributed by atoms with Crippen LogP contribution in [0, 0.1) is 19.5 Å². The lowest BCUT2D eigenvalue weighted by Crippen LogP contribution is -1.98. The van der Waals surface area contributed by atoms with E-state index >= 15 is 0 Å². The van der Waals surface area contributed by atoms with E-state index in [0.717, 1.165) is 15.7 Å². The zero-order chi connectivity index (χ0) is 13.8. The molecule has 19 heavy (non-hydrogen) atoms. The third kappa shape index (κ3) is 3.63. The molecule has 0 amide bonds. The Morgan fingerprint density at radius 1 is 1.26 bits per heavy atom. The smallest absolute Gasteiger partial charge is 0.304 e. The molecule has 4 nitrogen and oxygen atoms in total. The standard InChI is InChI=1S/C13H9FINO3/c14-12-6-9(4-5-13(12)16(17)18)8-19-11-3-1-2-10(15)7-11/h1-7H,8H2. The van der Waals surface area contributed by atoms with Crippen molar-refractivity contribution in [1.82, 2.24) is 0 Å². The molecule has 2 aromatic rings. The molecular weight excluding hydrogens is 364 g/mol. The Morgan fingerprint density at radius 3 is 2.68 bits per heavy atom. The average molecular weight is 373 g/mol. The predicted molar refractivity (Wildman–Crippen MR) is 76.5 cm³/mol. The molecule has 2 rings (SSSR count). The first-order valence-electron chi connectivity index (χ1n) is 5.37. The van der Waals surface area contributed by atoms with Gasteiger partial charge in [-0.3, -0.25) is 10.1 Å². The van der Waals surface area contributed by atoms with Crippen molar-refractivity contribution in [3.63, 3.8) is 0 Å². The minimum atomic E-state index is -0.853. The number of hydrogen-bond donors (Lipinski definition) is 0. The van der Waals surface area contributed by atoms with E-state index in [0.29, 0.717) is 11.3 Å². The van der Waals surface area contributed by atoms with Gasteiger partial charge in [-0.25, -0.2) is 0 Å². The van der Waals surface area contributed by atoms with Gasteiger partial charge in [0.15, 0.2) is 0 Å². The van der Waals surface area contributed by atoms with E-state index in [-0.39, 0.29) is 6.61 Å². The van der Waals surface area contributed by atoms with Crippen LogP contribution in [0.2, 0.25) is 0 Å². The Balaban J connectivity index is 2.08. The van der Waals surface area contributed by atoms with Gasteiger partial charge in [-0.1, -0.05) is 6.07 Å². The quantitative estimate of drug-likeness (QED) is 0.464. The monoisotopic (exact) mass is 373 g/mol. The molecule has 0 aliphatic rings. The molecule has 0 aliphatic heterocycles. The number of nitro benzene ring substituents is 1. The minimum absolute atomic E-state index is 0.162. The fourth-order valence-corrected chi connectivity index (χ4v) is 2.03. The van der Waals surface area contributed by atoms with E-state index in [2.05, 4.69) is 22.6 Å².